The number of alkyl halides is 3. The number of nitrogens with one attached hydrogen (secondary N) is 2. The molecule has 3 rings (SSSR count). The molecule has 140 valence electrons. The van der Waals surface area contributed by atoms with Crippen LogP contribution in [0.5, 0.6) is 0 Å². The lowest BCUT2D eigenvalue weighted by Crippen LogP contribution is -2.27. The zero-order chi connectivity index (χ0) is 19.8. The minimum absolute atomic E-state index is 0.0667. The van der Waals surface area contributed by atoms with Crippen LogP contribution in [0.15, 0.2) is 47.3 Å². The number of rotatable bonds is 3. The van der Waals surface area contributed by atoms with E-state index < -0.39 is 23.3 Å². The second-order valence-electron chi connectivity index (χ2n) is 5.72. The van der Waals surface area contributed by atoms with Crippen LogP contribution in [0, 0.1) is 0 Å². The third kappa shape index (κ3) is 3.35. The van der Waals surface area contributed by atoms with E-state index in [1.807, 2.05) is 0 Å². The maximum Gasteiger partial charge on any atom is 0.433 e. The Hall–Kier alpha value is -3.36. The highest BCUT2D eigenvalue weighted by atomic mass is 19.4. The van der Waals surface area contributed by atoms with E-state index >= 15 is 0 Å². The van der Waals surface area contributed by atoms with Crippen molar-refractivity contribution >= 4 is 28.3 Å². The summed E-state index contributed by atoms with van der Waals surface area (Å²) in [6, 6.07) is 10.2. The average molecular weight is 376 g/mol. The first-order chi connectivity index (χ1) is 12.7. The minimum atomic E-state index is -4.66. The first kappa shape index (κ1) is 18.4. The van der Waals surface area contributed by atoms with Crippen molar-refractivity contribution in [3.8, 4) is 5.69 Å². The standard InChI is InChI=1S/C18H15F3N4O2/c1-10(26)23-15-14(22-2)12-8-9-13(18(19,20)21)24-16(12)25(17(15)27)11-6-4-3-5-7-11/h3-9,22H,1-2H3,(H,23,26). The summed E-state index contributed by atoms with van der Waals surface area (Å²) >= 11 is 0. The molecule has 3 aromatic rings. The molecule has 1 aromatic carbocycles. The van der Waals surface area contributed by atoms with Gasteiger partial charge in [-0.25, -0.2) is 4.98 Å². The van der Waals surface area contributed by atoms with E-state index in [2.05, 4.69) is 15.6 Å². The second-order valence-corrected chi connectivity index (χ2v) is 5.72. The van der Waals surface area contributed by atoms with Crippen molar-refractivity contribution in [1.29, 1.82) is 0 Å². The van der Waals surface area contributed by atoms with Gasteiger partial charge in [0, 0.05) is 19.4 Å². The summed E-state index contributed by atoms with van der Waals surface area (Å²) in [5, 5.41) is 5.49. The van der Waals surface area contributed by atoms with Gasteiger partial charge in [0.15, 0.2) is 0 Å². The van der Waals surface area contributed by atoms with Gasteiger partial charge in [-0.3, -0.25) is 14.2 Å². The van der Waals surface area contributed by atoms with Gasteiger partial charge in [0.05, 0.1) is 11.4 Å². The SMILES string of the molecule is CNc1c(NC(C)=O)c(=O)n(-c2ccccc2)c2nc(C(F)(F)F)ccc12. The Balaban J connectivity index is 2.49. The Morgan fingerprint density at radius 3 is 2.30 bits per heavy atom. The van der Waals surface area contributed by atoms with Gasteiger partial charge < -0.3 is 10.6 Å². The third-order valence-electron chi connectivity index (χ3n) is 3.88. The molecule has 27 heavy (non-hydrogen) atoms. The van der Waals surface area contributed by atoms with Crippen LogP contribution in [0.25, 0.3) is 16.7 Å². The van der Waals surface area contributed by atoms with Crippen LogP contribution in [-0.4, -0.2) is 22.5 Å². The van der Waals surface area contributed by atoms with Crippen molar-refractivity contribution < 1.29 is 18.0 Å². The molecule has 0 radical (unpaired) electrons. The number of para-hydroxylation sites is 1. The lowest BCUT2D eigenvalue weighted by Gasteiger charge is -2.18. The molecule has 0 saturated carbocycles. The van der Waals surface area contributed by atoms with Crippen LogP contribution in [0.2, 0.25) is 0 Å². The molecule has 2 aromatic heterocycles. The predicted octanol–water partition coefficient (Wildman–Crippen LogP) is 3.40. The van der Waals surface area contributed by atoms with Crippen LogP contribution in [0.3, 0.4) is 0 Å². The lowest BCUT2D eigenvalue weighted by atomic mass is 10.1. The van der Waals surface area contributed by atoms with Gasteiger partial charge in [-0.2, -0.15) is 13.2 Å². The zero-order valence-electron chi connectivity index (χ0n) is 14.4. The molecule has 2 N–H and O–H groups in total. The number of hydrogen-bond acceptors (Lipinski definition) is 4. The molecule has 0 aliphatic heterocycles. The summed E-state index contributed by atoms with van der Waals surface area (Å²) in [7, 11) is 1.50. The number of benzene rings is 1. The van der Waals surface area contributed by atoms with Crippen molar-refractivity contribution in [3.63, 3.8) is 0 Å². The molecule has 0 aliphatic carbocycles. The molecule has 0 saturated heterocycles. The highest BCUT2D eigenvalue weighted by molar-refractivity contribution is 6.02. The molecular formula is C18H15F3N4O2. The first-order valence-corrected chi connectivity index (χ1v) is 7.91. The molecule has 0 bridgehead atoms. The molecule has 0 fully saturated rings. The van der Waals surface area contributed by atoms with Gasteiger partial charge in [0.1, 0.15) is 17.0 Å². The van der Waals surface area contributed by atoms with Crippen LogP contribution < -0.4 is 16.2 Å². The highest BCUT2D eigenvalue weighted by Gasteiger charge is 2.33. The smallest absolute Gasteiger partial charge is 0.386 e. The summed E-state index contributed by atoms with van der Waals surface area (Å²) in [5.74, 6) is -0.484. The van der Waals surface area contributed by atoms with Gasteiger partial charge in [0.25, 0.3) is 5.56 Å². The number of amides is 1. The van der Waals surface area contributed by atoms with Crippen LogP contribution in [-0.2, 0) is 11.0 Å². The van der Waals surface area contributed by atoms with Crippen molar-refractivity contribution in [1.82, 2.24) is 9.55 Å². The molecule has 0 aliphatic rings. The van der Waals surface area contributed by atoms with Gasteiger partial charge in [0.2, 0.25) is 5.91 Å². The van der Waals surface area contributed by atoms with Crippen LogP contribution >= 0.6 is 0 Å². The van der Waals surface area contributed by atoms with Crippen molar-refractivity contribution in [2.75, 3.05) is 17.7 Å². The molecule has 0 unspecified atom stereocenters. The first-order valence-electron chi connectivity index (χ1n) is 7.91. The molecule has 6 nitrogen and oxygen atoms in total. The fraction of sp³-hybridized carbons (Fsp3) is 0.167. The van der Waals surface area contributed by atoms with Crippen molar-refractivity contribution in [2.24, 2.45) is 0 Å². The molecule has 2 heterocycles. The quantitative estimate of drug-likeness (QED) is 0.735. The van der Waals surface area contributed by atoms with Gasteiger partial charge in [-0.05, 0) is 24.3 Å². The maximum absolute atomic E-state index is 13.2. The Morgan fingerprint density at radius 2 is 1.74 bits per heavy atom. The normalized spacial score (nSPS) is 11.4. The van der Waals surface area contributed by atoms with E-state index in [4.69, 9.17) is 0 Å². The number of halogens is 3. The second kappa shape index (κ2) is 6.75. The Labute approximate surface area is 151 Å². The maximum atomic E-state index is 13.2. The number of carbonyl (C=O) groups excluding carboxylic acids is 1. The topological polar surface area (TPSA) is 76.0 Å². The number of pyridine rings is 2. The number of fused-ring (bicyclic) bond motifs is 1. The number of hydrogen-bond donors (Lipinski definition) is 2. The van der Waals surface area contributed by atoms with Gasteiger partial charge >= 0.3 is 6.18 Å². The van der Waals surface area contributed by atoms with E-state index in [0.29, 0.717) is 5.69 Å². The fourth-order valence-electron chi connectivity index (χ4n) is 2.79. The van der Waals surface area contributed by atoms with E-state index in [1.54, 1.807) is 30.3 Å². The van der Waals surface area contributed by atoms with E-state index in [1.165, 1.54) is 20.0 Å². The number of aromatic nitrogens is 2. The number of nitrogens with zero attached hydrogens (tertiary/aromatic N) is 2. The summed E-state index contributed by atoms with van der Waals surface area (Å²) in [6.07, 6.45) is -4.66. The molecule has 1 amide bonds. The summed E-state index contributed by atoms with van der Waals surface area (Å²) in [4.78, 5) is 28.3. The summed E-state index contributed by atoms with van der Waals surface area (Å²) in [6.45, 7) is 1.24. The Bertz CT molecular complexity index is 1080. The zero-order valence-corrected chi connectivity index (χ0v) is 14.4. The van der Waals surface area contributed by atoms with Crippen LogP contribution in [0.4, 0.5) is 24.5 Å². The number of carbonyl (C=O) groups is 1. The van der Waals surface area contributed by atoms with Gasteiger partial charge in [-0.15, -0.1) is 0 Å². The number of anilines is 2. The molecule has 9 heteroatoms. The predicted molar refractivity (Wildman–Crippen MR) is 96.2 cm³/mol. The average Bonchev–Trinajstić information content (AvgIpc) is 2.61. The molecular weight excluding hydrogens is 361 g/mol. The summed E-state index contributed by atoms with van der Waals surface area (Å²) < 4.78 is 40.5. The molecule has 0 spiro atoms. The Kier molecular flexibility index (Phi) is 4.61. The monoisotopic (exact) mass is 376 g/mol. The minimum Gasteiger partial charge on any atom is -0.386 e. The summed E-state index contributed by atoms with van der Waals surface area (Å²) in [5.41, 5.74) is -1.52. The molecule has 0 atom stereocenters. The highest BCUT2D eigenvalue weighted by Crippen LogP contribution is 2.33. The van der Waals surface area contributed by atoms with E-state index in [0.717, 1.165) is 10.6 Å². The van der Waals surface area contributed by atoms with Crippen molar-refractivity contribution in [3.05, 3.63) is 58.5 Å². The van der Waals surface area contributed by atoms with Crippen molar-refractivity contribution in [2.45, 2.75) is 13.1 Å². The van der Waals surface area contributed by atoms with Crippen LogP contribution in [0.1, 0.15) is 12.6 Å². The third-order valence-corrected chi connectivity index (χ3v) is 3.88. The Morgan fingerprint density at radius 1 is 1.07 bits per heavy atom. The van der Waals surface area contributed by atoms with E-state index in [-0.39, 0.29) is 22.4 Å². The largest absolute Gasteiger partial charge is 0.433 e. The fourth-order valence-corrected chi connectivity index (χ4v) is 2.79. The van der Waals surface area contributed by atoms with Gasteiger partial charge in [-0.1, -0.05) is 18.2 Å². The lowest BCUT2D eigenvalue weighted by molar-refractivity contribution is -0.141. The van der Waals surface area contributed by atoms with E-state index in [9.17, 15) is 22.8 Å².